The van der Waals surface area contributed by atoms with Crippen molar-refractivity contribution in [2.24, 2.45) is 0 Å². The van der Waals surface area contributed by atoms with E-state index in [2.05, 4.69) is 33.9 Å². The van der Waals surface area contributed by atoms with Gasteiger partial charge in [-0.25, -0.2) is 0 Å². The molecule has 2 aliphatic rings. The smallest absolute Gasteiger partial charge is 0.302 e. The fourth-order valence-corrected chi connectivity index (χ4v) is 5.54. The van der Waals surface area contributed by atoms with Crippen LogP contribution in [0.4, 0.5) is 0 Å². The molecular formula is C23H44O10Si. The average Bonchev–Trinajstić information content (AvgIpc) is 2.72. The van der Waals surface area contributed by atoms with E-state index in [1.165, 1.54) is 28.3 Å². The molecule has 2 aliphatic heterocycles. The van der Waals surface area contributed by atoms with Gasteiger partial charge in [-0.2, -0.15) is 0 Å². The molecule has 0 aliphatic carbocycles. The second-order valence-electron chi connectivity index (χ2n) is 10.5. The van der Waals surface area contributed by atoms with Crippen molar-refractivity contribution in [1.82, 2.24) is 0 Å². The van der Waals surface area contributed by atoms with Gasteiger partial charge in [-0.3, -0.25) is 4.79 Å². The molecule has 9 atom stereocenters. The van der Waals surface area contributed by atoms with Crippen LogP contribution < -0.4 is 0 Å². The van der Waals surface area contributed by atoms with E-state index in [0.717, 1.165) is 0 Å². The Bertz CT molecular complexity index is 654. The second-order valence-corrected chi connectivity index (χ2v) is 15.3. The van der Waals surface area contributed by atoms with Crippen LogP contribution in [0.15, 0.2) is 0 Å². The zero-order valence-electron chi connectivity index (χ0n) is 22.2. The minimum absolute atomic E-state index is 0.00683. The normalized spacial score (nSPS) is 37.4. The number of esters is 1. The molecule has 11 heteroatoms. The number of aliphatic hydroxyl groups is 1. The number of rotatable bonds is 9. The Kier molecular flexibility index (Phi) is 10.5. The first-order valence-corrected chi connectivity index (χ1v) is 14.7. The van der Waals surface area contributed by atoms with Gasteiger partial charge in [-0.1, -0.05) is 20.8 Å². The lowest BCUT2D eigenvalue weighted by atomic mass is 9.98. The van der Waals surface area contributed by atoms with E-state index < -0.39 is 57.5 Å². The number of hydrogen-bond donors (Lipinski definition) is 1. The van der Waals surface area contributed by atoms with Gasteiger partial charge >= 0.3 is 5.97 Å². The summed E-state index contributed by atoms with van der Waals surface area (Å²) < 4.78 is 46.5. The fourth-order valence-electron chi connectivity index (χ4n) is 4.16. The number of hydrogen-bond acceptors (Lipinski definition) is 10. The van der Waals surface area contributed by atoms with Crippen LogP contribution in [0, 0.1) is 0 Å². The first-order chi connectivity index (χ1) is 15.7. The van der Waals surface area contributed by atoms with Crippen LogP contribution in [0.1, 0.15) is 41.0 Å². The van der Waals surface area contributed by atoms with Gasteiger partial charge < -0.3 is 42.7 Å². The van der Waals surface area contributed by atoms with Crippen molar-refractivity contribution < 1.29 is 47.5 Å². The number of carbonyl (C=O) groups is 1. The Hall–Kier alpha value is -0.633. The molecule has 0 unspecified atom stereocenters. The van der Waals surface area contributed by atoms with Gasteiger partial charge in [0.15, 0.2) is 20.9 Å². The molecule has 2 heterocycles. The van der Waals surface area contributed by atoms with Gasteiger partial charge in [0.25, 0.3) is 0 Å². The van der Waals surface area contributed by atoms with Gasteiger partial charge in [-0.15, -0.1) is 0 Å². The summed E-state index contributed by atoms with van der Waals surface area (Å²) in [7, 11) is 2.40. The SMILES string of the molecule is CO[C@@H]1[C@@H](OC)[C@@H](O)O[C@H](CO[C@H]2C[C@@H](OC(C)=O)[C@H](O[Si](C)(C)C(C)(C)C)[C@@H](C)O2)[C@H]1OC. The Labute approximate surface area is 204 Å². The summed E-state index contributed by atoms with van der Waals surface area (Å²) in [5.74, 6) is -0.381. The van der Waals surface area contributed by atoms with E-state index >= 15 is 0 Å². The van der Waals surface area contributed by atoms with Gasteiger partial charge in [0.1, 0.15) is 36.6 Å². The summed E-state index contributed by atoms with van der Waals surface area (Å²) >= 11 is 0. The lowest BCUT2D eigenvalue weighted by Crippen LogP contribution is -2.61. The van der Waals surface area contributed by atoms with Gasteiger partial charge in [0.05, 0.1) is 12.7 Å². The molecule has 0 radical (unpaired) electrons. The monoisotopic (exact) mass is 508 g/mol. The summed E-state index contributed by atoms with van der Waals surface area (Å²) in [6, 6.07) is 0. The molecule has 0 saturated carbocycles. The molecule has 2 saturated heterocycles. The van der Waals surface area contributed by atoms with Crippen LogP contribution in [0.25, 0.3) is 0 Å². The highest BCUT2D eigenvalue weighted by Gasteiger charge is 2.49. The molecule has 10 nitrogen and oxygen atoms in total. The van der Waals surface area contributed by atoms with Crippen LogP contribution in [0.2, 0.25) is 18.1 Å². The molecule has 200 valence electrons. The van der Waals surface area contributed by atoms with Crippen molar-refractivity contribution in [1.29, 1.82) is 0 Å². The van der Waals surface area contributed by atoms with Crippen molar-refractivity contribution >= 4 is 14.3 Å². The van der Waals surface area contributed by atoms with Crippen LogP contribution in [-0.4, -0.2) is 103 Å². The Balaban J connectivity index is 2.09. The minimum atomic E-state index is -2.14. The Morgan fingerprint density at radius 2 is 1.59 bits per heavy atom. The molecule has 0 amide bonds. The molecule has 0 aromatic carbocycles. The molecule has 2 rings (SSSR count). The van der Waals surface area contributed by atoms with Crippen LogP contribution in [-0.2, 0) is 42.4 Å². The van der Waals surface area contributed by atoms with Crippen LogP contribution in [0.5, 0.6) is 0 Å². The first-order valence-electron chi connectivity index (χ1n) is 11.8. The number of methoxy groups -OCH3 is 3. The standard InChI is InChI=1S/C23H44O10Si/c1-13-18(33-34(9,10)23(3,4)5)15(31-14(2)24)11-17(30-13)29-12-16-19(26-6)20(27-7)21(28-8)22(25)32-16/h13,15-22,25H,11-12H2,1-10H3/t13-,15-,16-,17-,18-,19-,20+,21-,22+/m1/s1. The van der Waals surface area contributed by atoms with Crippen molar-refractivity contribution in [3.8, 4) is 0 Å². The summed E-state index contributed by atoms with van der Waals surface area (Å²) in [6.07, 6.45) is -5.21. The number of carbonyl (C=O) groups excluding carboxylic acids is 1. The third-order valence-corrected chi connectivity index (χ3v) is 11.5. The highest BCUT2D eigenvalue weighted by atomic mass is 28.4. The Morgan fingerprint density at radius 1 is 1.00 bits per heavy atom. The highest BCUT2D eigenvalue weighted by molar-refractivity contribution is 6.74. The zero-order valence-corrected chi connectivity index (χ0v) is 23.2. The summed E-state index contributed by atoms with van der Waals surface area (Å²) in [5.41, 5.74) is 0. The quantitative estimate of drug-likeness (QED) is 0.368. The van der Waals surface area contributed by atoms with E-state index in [4.69, 9.17) is 37.6 Å². The maximum absolute atomic E-state index is 11.8. The Morgan fingerprint density at radius 3 is 2.09 bits per heavy atom. The summed E-state index contributed by atoms with van der Waals surface area (Å²) in [5, 5.41) is 10.3. The molecule has 0 aromatic rings. The van der Waals surface area contributed by atoms with Crippen molar-refractivity contribution in [3.05, 3.63) is 0 Å². The predicted octanol–water partition coefficient (Wildman–Crippen LogP) is 2.22. The van der Waals surface area contributed by atoms with E-state index in [0.29, 0.717) is 6.42 Å². The van der Waals surface area contributed by atoms with Gasteiger partial charge in [0, 0.05) is 34.7 Å². The van der Waals surface area contributed by atoms with E-state index in [-0.39, 0.29) is 23.7 Å². The van der Waals surface area contributed by atoms with E-state index in [1.54, 1.807) is 0 Å². The summed E-state index contributed by atoms with van der Waals surface area (Å²) in [6.45, 7) is 14.1. The number of ether oxygens (including phenoxy) is 7. The van der Waals surface area contributed by atoms with E-state index in [1.807, 2.05) is 6.92 Å². The van der Waals surface area contributed by atoms with Crippen molar-refractivity contribution in [2.45, 2.75) is 114 Å². The minimum Gasteiger partial charge on any atom is -0.460 e. The van der Waals surface area contributed by atoms with Crippen molar-refractivity contribution in [2.75, 3.05) is 27.9 Å². The maximum atomic E-state index is 11.8. The third kappa shape index (κ3) is 6.98. The lowest BCUT2D eigenvalue weighted by molar-refractivity contribution is -0.314. The topological polar surface area (TPSA) is 111 Å². The van der Waals surface area contributed by atoms with E-state index in [9.17, 15) is 9.90 Å². The molecular weight excluding hydrogens is 464 g/mol. The predicted molar refractivity (Wildman–Crippen MR) is 126 cm³/mol. The molecule has 0 aromatic heterocycles. The van der Waals surface area contributed by atoms with Gasteiger partial charge in [0.2, 0.25) is 0 Å². The second kappa shape index (κ2) is 12.1. The molecule has 2 fully saturated rings. The number of aliphatic hydroxyl groups excluding tert-OH is 1. The van der Waals surface area contributed by atoms with Crippen molar-refractivity contribution in [3.63, 3.8) is 0 Å². The maximum Gasteiger partial charge on any atom is 0.302 e. The molecule has 0 bridgehead atoms. The molecule has 1 N–H and O–H groups in total. The first kappa shape index (κ1) is 29.6. The lowest BCUT2D eigenvalue weighted by Gasteiger charge is -2.46. The largest absolute Gasteiger partial charge is 0.460 e. The van der Waals surface area contributed by atoms with Crippen LogP contribution in [0.3, 0.4) is 0 Å². The van der Waals surface area contributed by atoms with Gasteiger partial charge in [-0.05, 0) is 25.1 Å². The average molecular weight is 509 g/mol. The highest BCUT2D eigenvalue weighted by Crippen LogP contribution is 2.40. The fraction of sp³-hybridized carbons (Fsp3) is 0.957. The molecule has 34 heavy (non-hydrogen) atoms. The van der Waals surface area contributed by atoms with Crippen LogP contribution >= 0.6 is 0 Å². The summed E-state index contributed by atoms with van der Waals surface area (Å²) in [4.78, 5) is 11.8. The third-order valence-electron chi connectivity index (χ3n) is 7.05. The zero-order chi connectivity index (χ0) is 25.8. The molecule has 0 spiro atoms.